The summed E-state index contributed by atoms with van der Waals surface area (Å²) in [6.45, 7) is 4.24. The van der Waals surface area contributed by atoms with E-state index < -0.39 is 0 Å². The number of furan rings is 1. The molecule has 0 radical (unpaired) electrons. The first kappa shape index (κ1) is 9.74. The van der Waals surface area contributed by atoms with Gasteiger partial charge in [0.1, 0.15) is 11.5 Å². The zero-order valence-corrected chi connectivity index (χ0v) is 8.75. The van der Waals surface area contributed by atoms with Gasteiger partial charge in [0, 0.05) is 0 Å². The average molecular weight is 194 g/mol. The van der Waals surface area contributed by atoms with Gasteiger partial charge in [-0.3, -0.25) is 4.90 Å². The highest BCUT2D eigenvalue weighted by Crippen LogP contribution is 2.14. The van der Waals surface area contributed by atoms with Crippen LogP contribution in [0.4, 0.5) is 0 Å². The molecule has 1 fully saturated rings. The van der Waals surface area contributed by atoms with E-state index in [0.717, 1.165) is 24.6 Å². The quantitative estimate of drug-likeness (QED) is 0.789. The standard InChI is InChI=1S/C11H18N2O/c1-12-8-10-4-5-11(14-10)9-13-6-2-3-7-13/h4-5,12H,2-3,6-9H2,1H3. The van der Waals surface area contributed by atoms with E-state index in [-0.39, 0.29) is 0 Å². The van der Waals surface area contributed by atoms with Gasteiger partial charge in [0.2, 0.25) is 0 Å². The summed E-state index contributed by atoms with van der Waals surface area (Å²) in [6, 6.07) is 4.15. The molecule has 2 heterocycles. The lowest BCUT2D eigenvalue weighted by atomic mass is 10.4. The minimum atomic E-state index is 0.819. The van der Waals surface area contributed by atoms with Crippen molar-refractivity contribution in [3.05, 3.63) is 23.7 Å². The zero-order chi connectivity index (χ0) is 9.80. The molecule has 3 nitrogen and oxygen atoms in total. The lowest BCUT2D eigenvalue weighted by molar-refractivity contribution is 0.292. The molecule has 0 aromatic carbocycles. The molecular formula is C11H18N2O. The molecule has 0 saturated carbocycles. The van der Waals surface area contributed by atoms with Gasteiger partial charge in [-0.1, -0.05) is 0 Å². The molecule has 1 aliphatic heterocycles. The van der Waals surface area contributed by atoms with Crippen LogP contribution in [0.25, 0.3) is 0 Å². The number of hydrogen-bond acceptors (Lipinski definition) is 3. The lowest BCUT2D eigenvalue weighted by Crippen LogP contribution is -2.17. The van der Waals surface area contributed by atoms with Crippen molar-refractivity contribution >= 4 is 0 Å². The second kappa shape index (κ2) is 4.62. The fraction of sp³-hybridized carbons (Fsp3) is 0.636. The van der Waals surface area contributed by atoms with Crippen LogP contribution in [-0.2, 0) is 13.1 Å². The van der Waals surface area contributed by atoms with Crippen LogP contribution in [0.2, 0.25) is 0 Å². The number of rotatable bonds is 4. The molecule has 1 aliphatic rings. The summed E-state index contributed by atoms with van der Waals surface area (Å²) in [5.74, 6) is 2.12. The Hall–Kier alpha value is -0.800. The average Bonchev–Trinajstić information content (AvgIpc) is 2.79. The molecule has 0 bridgehead atoms. The van der Waals surface area contributed by atoms with Gasteiger partial charge in [-0.05, 0) is 45.1 Å². The van der Waals surface area contributed by atoms with E-state index in [1.165, 1.54) is 25.9 Å². The Morgan fingerprint density at radius 1 is 1.29 bits per heavy atom. The number of nitrogens with one attached hydrogen (secondary N) is 1. The van der Waals surface area contributed by atoms with Crippen molar-refractivity contribution in [1.29, 1.82) is 0 Å². The highest BCUT2D eigenvalue weighted by Gasteiger charge is 2.13. The van der Waals surface area contributed by atoms with Crippen LogP contribution in [0.5, 0.6) is 0 Å². The Bertz CT molecular complexity index is 277. The molecule has 3 heteroatoms. The van der Waals surface area contributed by atoms with E-state index >= 15 is 0 Å². The van der Waals surface area contributed by atoms with Crippen molar-refractivity contribution in [1.82, 2.24) is 10.2 Å². The minimum absolute atomic E-state index is 0.819. The molecule has 0 atom stereocenters. The first-order valence-electron chi connectivity index (χ1n) is 5.33. The van der Waals surface area contributed by atoms with Crippen molar-refractivity contribution in [3.63, 3.8) is 0 Å². The number of nitrogens with zero attached hydrogens (tertiary/aromatic N) is 1. The van der Waals surface area contributed by atoms with Crippen LogP contribution in [-0.4, -0.2) is 25.0 Å². The fourth-order valence-electron chi connectivity index (χ4n) is 1.94. The van der Waals surface area contributed by atoms with E-state index in [2.05, 4.69) is 22.3 Å². The molecule has 0 spiro atoms. The zero-order valence-electron chi connectivity index (χ0n) is 8.75. The third-order valence-electron chi connectivity index (χ3n) is 2.65. The van der Waals surface area contributed by atoms with Crippen molar-refractivity contribution in [2.24, 2.45) is 0 Å². The summed E-state index contributed by atoms with van der Waals surface area (Å²) in [5.41, 5.74) is 0. The van der Waals surface area contributed by atoms with Crippen LogP contribution in [0.3, 0.4) is 0 Å². The topological polar surface area (TPSA) is 28.4 Å². The summed E-state index contributed by atoms with van der Waals surface area (Å²) in [7, 11) is 1.93. The lowest BCUT2D eigenvalue weighted by Gasteiger charge is -2.11. The van der Waals surface area contributed by atoms with Crippen molar-refractivity contribution in [3.8, 4) is 0 Å². The predicted octanol–water partition coefficient (Wildman–Crippen LogP) is 1.59. The molecule has 0 unspecified atom stereocenters. The van der Waals surface area contributed by atoms with Gasteiger partial charge in [0.15, 0.2) is 0 Å². The second-order valence-corrected chi connectivity index (χ2v) is 3.88. The summed E-state index contributed by atoms with van der Waals surface area (Å²) in [6.07, 6.45) is 2.67. The van der Waals surface area contributed by atoms with Gasteiger partial charge in [-0.15, -0.1) is 0 Å². The predicted molar refractivity (Wildman–Crippen MR) is 56.0 cm³/mol. The molecule has 78 valence electrons. The summed E-state index contributed by atoms with van der Waals surface area (Å²) < 4.78 is 5.68. The van der Waals surface area contributed by atoms with E-state index in [1.54, 1.807) is 0 Å². The van der Waals surface area contributed by atoms with E-state index in [1.807, 2.05) is 7.05 Å². The Morgan fingerprint density at radius 2 is 2.00 bits per heavy atom. The van der Waals surface area contributed by atoms with E-state index in [9.17, 15) is 0 Å². The minimum Gasteiger partial charge on any atom is -0.463 e. The first-order chi connectivity index (χ1) is 6.88. The highest BCUT2D eigenvalue weighted by atomic mass is 16.3. The van der Waals surface area contributed by atoms with Gasteiger partial charge < -0.3 is 9.73 Å². The van der Waals surface area contributed by atoms with Gasteiger partial charge in [-0.25, -0.2) is 0 Å². The van der Waals surface area contributed by atoms with Gasteiger partial charge >= 0.3 is 0 Å². The monoisotopic (exact) mass is 194 g/mol. The summed E-state index contributed by atoms with van der Waals surface area (Å²) in [4.78, 5) is 2.45. The molecule has 2 rings (SSSR count). The maximum Gasteiger partial charge on any atom is 0.118 e. The van der Waals surface area contributed by atoms with Crippen LogP contribution in [0.1, 0.15) is 24.4 Å². The molecule has 1 saturated heterocycles. The fourth-order valence-corrected chi connectivity index (χ4v) is 1.94. The van der Waals surface area contributed by atoms with Crippen LogP contribution in [0.15, 0.2) is 16.5 Å². The molecule has 1 N–H and O–H groups in total. The van der Waals surface area contributed by atoms with Gasteiger partial charge in [0.05, 0.1) is 13.1 Å². The largest absolute Gasteiger partial charge is 0.463 e. The van der Waals surface area contributed by atoms with Crippen LogP contribution in [0, 0.1) is 0 Å². The van der Waals surface area contributed by atoms with E-state index in [0.29, 0.717) is 0 Å². The Balaban J connectivity index is 1.88. The third kappa shape index (κ3) is 2.36. The first-order valence-corrected chi connectivity index (χ1v) is 5.33. The number of likely N-dealkylation sites (tertiary alicyclic amines) is 1. The summed E-state index contributed by atoms with van der Waals surface area (Å²) >= 11 is 0. The Labute approximate surface area is 85.1 Å². The molecule has 0 aliphatic carbocycles. The normalized spacial score (nSPS) is 17.8. The molecule has 0 amide bonds. The highest BCUT2D eigenvalue weighted by molar-refractivity contribution is 5.07. The third-order valence-corrected chi connectivity index (χ3v) is 2.65. The summed E-state index contributed by atoms with van der Waals surface area (Å²) in [5, 5.41) is 3.08. The molecule has 14 heavy (non-hydrogen) atoms. The van der Waals surface area contributed by atoms with Crippen LogP contribution >= 0.6 is 0 Å². The smallest absolute Gasteiger partial charge is 0.118 e. The van der Waals surface area contributed by atoms with Gasteiger partial charge in [0.25, 0.3) is 0 Å². The van der Waals surface area contributed by atoms with Crippen molar-refractivity contribution in [2.45, 2.75) is 25.9 Å². The maximum atomic E-state index is 5.68. The second-order valence-electron chi connectivity index (χ2n) is 3.88. The molecular weight excluding hydrogens is 176 g/mol. The SMILES string of the molecule is CNCc1ccc(CN2CCCC2)o1. The van der Waals surface area contributed by atoms with E-state index in [4.69, 9.17) is 4.42 Å². The van der Waals surface area contributed by atoms with Crippen molar-refractivity contribution < 1.29 is 4.42 Å². The van der Waals surface area contributed by atoms with Crippen molar-refractivity contribution in [2.75, 3.05) is 20.1 Å². The number of hydrogen-bond donors (Lipinski definition) is 1. The molecule has 1 aromatic rings. The maximum absolute atomic E-state index is 5.68. The molecule has 1 aromatic heterocycles. The van der Waals surface area contributed by atoms with Gasteiger partial charge in [-0.2, -0.15) is 0 Å². The Kier molecular flexibility index (Phi) is 3.22. The van der Waals surface area contributed by atoms with Crippen LogP contribution < -0.4 is 5.32 Å². The Morgan fingerprint density at radius 3 is 2.71 bits per heavy atom.